The first-order chi connectivity index (χ1) is 7.58. The Bertz CT molecular complexity index is 536. The lowest BCUT2D eigenvalue weighted by Gasteiger charge is -2.05. The third-order valence-electron chi connectivity index (χ3n) is 2.51. The maximum atomic E-state index is 11.0. The van der Waals surface area contributed by atoms with Gasteiger partial charge in [0.1, 0.15) is 5.75 Å². The largest absolute Gasteiger partial charge is 0.508 e. The highest BCUT2D eigenvalue weighted by molar-refractivity contribution is 7.96. The van der Waals surface area contributed by atoms with Crippen LogP contribution in [0.15, 0.2) is 24.4 Å². The molecule has 16 heavy (non-hydrogen) atoms. The van der Waals surface area contributed by atoms with E-state index in [-0.39, 0.29) is 10.9 Å². The van der Waals surface area contributed by atoms with Crippen molar-refractivity contribution in [3.63, 3.8) is 0 Å². The summed E-state index contributed by atoms with van der Waals surface area (Å²) < 4.78 is 0. The third-order valence-corrected chi connectivity index (χ3v) is 2.84. The van der Waals surface area contributed by atoms with Gasteiger partial charge in [-0.15, -0.1) is 12.6 Å². The molecule has 84 valence electrons. The molecule has 1 atom stereocenters. The lowest BCUT2D eigenvalue weighted by molar-refractivity contribution is -0.111. The summed E-state index contributed by atoms with van der Waals surface area (Å²) in [6.07, 6.45) is 2.20. The number of aromatic amines is 1. The smallest absolute Gasteiger partial charge is 0.202 e. The summed E-state index contributed by atoms with van der Waals surface area (Å²) in [4.78, 5) is 14.0. The maximum Gasteiger partial charge on any atom is 0.202 e. The summed E-state index contributed by atoms with van der Waals surface area (Å²) in [6, 6.07) is 4.41. The van der Waals surface area contributed by atoms with Crippen LogP contribution >= 0.6 is 12.6 Å². The molecule has 0 aliphatic carbocycles. The van der Waals surface area contributed by atoms with E-state index in [0.717, 1.165) is 16.5 Å². The van der Waals surface area contributed by atoms with Gasteiger partial charge in [0.15, 0.2) is 0 Å². The number of aromatic hydroxyl groups is 1. The predicted molar refractivity (Wildman–Crippen MR) is 65.6 cm³/mol. The Labute approximate surface area is 97.9 Å². The molecule has 1 aromatic carbocycles. The molecular weight excluding hydrogens is 224 g/mol. The van der Waals surface area contributed by atoms with Crippen LogP contribution in [0.25, 0.3) is 10.9 Å². The van der Waals surface area contributed by atoms with E-state index in [9.17, 15) is 9.90 Å². The van der Waals surface area contributed by atoms with Gasteiger partial charge in [0.25, 0.3) is 0 Å². The van der Waals surface area contributed by atoms with Gasteiger partial charge in [-0.25, -0.2) is 0 Å². The molecule has 1 heterocycles. The number of rotatable bonds is 3. The van der Waals surface area contributed by atoms with Crippen molar-refractivity contribution >= 4 is 28.6 Å². The quantitative estimate of drug-likeness (QED) is 0.605. The maximum absolute atomic E-state index is 11.0. The number of nitrogens with one attached hydrogen (secondary N) is 1. The lowest BCUT2D eigenvalue weighted by atomic mass is 10.1. The summed E-state index contributed by atoms with van der Waals surface area (Å²) in [7, 11) is 0. The fourth-order valence-electron chi connectivity index (χ4n) is 1.66. The predicted octanol–water partition coefficient (Wildman–Crippen LogP) is 1.20. The van der Waals surface area contributed by atoms with E-state index in [1.54, 1.807) is 24.4 Å². The number of phenols is 1. The molecule has 0 fully saturated rings. The summed E-state index contributed by atoms with van der Waals surface area (Å²) in [5.74, 6) is 0.194. The van der Waals surface area contributed by atoms with Crippen LogP contribution in [0, 0.1) is 0 Å². The number of H-pyrrole nitrogens is 1. The van der Waals surface area contributed by atoms with Crippen LogP contribution < -0.4 is 5.73 Å². The number of aromatic nitrogens is 1. The van der Waals surface area contributed by atoms with Crippen molar-refractivity contribution < 1.29 is 9.90 Å². The first-order valence-electron chi connectivity index (χ1n) is 4.85. The summed E-state index contributed by atoms with van der Waals surface area (Å²) >= 11 is 3.70. The van der Waals surface area contributed by atoms with Gasteiger partial charge >= 0.3 is 0 Å². The van der Waals surface area contributed by atoms with E-state index in [2.05, 4.69) is 17.6 Å². The minimum Gasteiger partial charge on any atom is -0.508 e. The van der Waals surface area contributed by atoms with Crippen LogP contribution in [0.5, 0.6) is 5.75 Å². The van der Waals surface area contributed by atoms with Crippen molar-refractivity contribution in [2.45, 2.75) is 12.5 Å². The fraction of sp³-hybridized carbons (Fsp3) is 0.182. The van der Waals surface area contributed by atoms with E-state index in [4.69, 9.17) is 5.73 Å². The minimum atomic E-state index is -0.621. The molecule has 2 aromatic rings. The zero-order valence-electron chi connectivity index (χ0n) is 8.47. The zero-order chi connectivity index (χ0) is 11.7. The summed E-state index contributed by atoms with van der Waals surface area (Å²) in [6.45, 7) is 0. The lowest BCUT2D eigenvalue weighted by Crippen LogP contribution is -2.29. The second-order valence-electron chi connectivity index (χ2n) is 3.69. The monoisotopic (exact) mass is 236 g/mol. The molecule has 1 aromatic heterocycles. The van der Waals surface area contributed by atoms with Gasteiger partial charge in [0.05, 0.1) is 6.04 Å². The number of nitrogens with two attached hydrogens (primary N) is 1. The number of phenolic OH excluding ortho intramolecular Hbond substituents is 1. The summed E-state index contributed by atoms with van der Waals surface area (Å²) in [5, 5.41) is 9.93. The van der Waals surface area contributed by atoms with Gasteiger partial charge in [-0.2, -0.15) is 0 Å². The van der Waals surface area contributed by atoms with Crippen molar-refractivity contribution in [3.8, 4) is 5.75 Å². The molecule has 2 rings (SSSR count). The molecule has 4 nitrogen and oxygen atoms in total. The molecule has 1 unspecified atom stereocenters. The highest BCUT2D eigenvalue weighted by Crippen LogP contribution is 2.23. The van der Waals surface area contributed by atoms with Gasteiger partial charge in [-0.3, -0.25) is 4.79 Å². The number of carbonyl (C=O) groups is 1. The number of thiol groups is 1. The van der Waals surface area contributed by atoms with Crippen LogP contribution in [-0.2, 0) is 11.2 Å². The van der Waals surface area contributed by atoms with Gasteiger partial charge in [0, 0.05) is 17.1 Å². The van der Waals surface area contributed by atoms with Gasteiger partial charge in [-0.05, 0) is 30.2 Å². The number of hydrogen-bond acceptors (Lipinski definition) is 3. The Morgan fingerprint density at radius 2 is 2.31 bits per heavy atom. The standard InChI is InChI=1S/C11H12N2O2S/c12-9(11(15)16)3-6-5-13-10-2-1-7(14)4-8(6)10/h1-2,4-5,9,13-14H,3,12H2,(H,15,16). The minimum absolute atomic E-state index is 0.194. The van der Waals surface area contributed by atoms with Crippen molar-refractivity contribution in [1.82, 2.24) is 4.98 Å². The van der Waals surface area contributed by atoms with Crippen molar-refractivity contribution in [2.75, 3.05) is 0 Å². The van der Waals surface area contributed by atoms with Crippen LogP contribution in [0.1, 0.15) is 5.56 Å². The first-order valence-corrected chi connectivity index (χ1v) is 5.30. The Morgan fingerprint density at radius 3 is 3.00 bits per heavy atom. The van der Waals surface area contributed by atoms with E-state index < -0.39 is 6.04 Å². The van der Waals surface area contributed by atoms with Crippen LogP contribution in [0.4, 0.5) is 0 Å². The molecule has 0 spiro atoms. The zero-order valence-corrected chi connectivity index (χ0v) is 9.37. The Kier molecular flexibility index (Phi) is 2.89. The van der Waals surface area contributed by atoms with Crippen LogP contribution in [-0.4, -0.2) is 21.2 Å². The Balaban J connectivity index is 2.37. The molecule has 0 saturated heterocycles. The Hall–Kier alpha value is -1.46. The van der Waals surface area contributed by atoms with Gasteiger partial charge in [0.2, 0.25) is 5.12 Å². The fourth-order valence-corrected chi connectivity index (χ4v) is 1.75. The second kappa shape index (κ2) is 4.19. The molecule has 0 radical (unpaired) electrons. The summed E-state index contributed by atoms with van der Waals surface area (Å²) in [5.41, 5.74) is 7.45. The topological polar surface area (TPSA) is 79.1 Å². The molecule has 0 saturated carbocycles. The Morgan fingerprint density at radius 1 is 1.56 bits per heavy atom. The van der Waals surface area contributed by atoms with E-state index in [1.165, 1.54) is 0 Å². The molecule has 5 heteroatoms. The van der Waals surface area contributed by atoms with Gasteiger partial charge < -0.3 is 15.8 Å². The van der Waals surface area contributed by atoms with Crippen LogP contribution in [0.2, 0.25) is 0 Å². The van der Waals surface area contributed by atoms with Crippen molar-refractivity contribution in [3.05, 3.63) is 30.0 Å². The first kappa shape index (κ1) is 11.0. The number of benzene rings is 1. The van der Waals surface area contributed by atoms with Crippen LogP contribution in [0.3, 0.4) is 0 Å². The average Bonchev–Trinajstić information content (AvgIpc) is 2.61. The molecule has 0 aliphatic rings. The highest BCUT2D eigenvalue weighted by Gasteiger charge is 2.13. The van der Waals surface area contributed by atoms with E-state index in [0.29, 0.717) is 6.42 Å². The third kappa shape index (κ3) is 2.05. The number of carbonyl (C=O) groups excluding carboxylic acids is 1. The molecular formula is C11H12N2O2S. The molecule has 0 aliphatic heterocycles. The number of fused-ring (bicyclic) bond motifs is 1. The SMILES string of the molecule is NC(Cc1c[nH]c2ccc(O)cc12)C(=O)S. The van der Waals surface area contributed by atoms with E-state index >= 15 is 0 Å². The van der Waals surface area contributed by atoms with Crippen molar-refractivity contribution in [2.24, 2.45) is 5.73 Å². The van der Waals surface area contributed by atoms with Crippen molar-refractivity contribution in [1.29, 1.82) is 0 Å². The molecule has 4 N–H and O–H groups in total. The number of hydrogen-bond donors (Lipinski definition) is 4. The molecule has 0 amide bonds. The molecule has 0 bridgehead atoms. The average molecular weight is 236 g/mol. The second-order valence-corrected chi connectivity index (χ2v) is 4.13. The van der Waals surface area contributed by atoms with E-state index in [1.807, 2.05) is 0 Å². The van der Waals surface area contributed by atoms with Gasteiger partial charge in [-0.1, -0.05) is 0 Å². The normalized spacial score (nSPS) is 12.9. The highest BCUT2D eigenvalue weighted by atomic mass is 32.1.